The van der Waals surface area contributed by atoms with Crippen molar-refractivity contribution in [2.24, 2.45) is 5.92 Å². The number of aldehydes is 1. The molecule has 0 spiro atoms. The Bertz CT molecular complexity index is 324. The molecule has 0 saturated heterocycles. The number of ether oxygens (including phenoxy) is 1. The molecule has 1 aliphatic carbocycles. The summed E-state index contributed by atoms with van der Waals surface area (Å²) in [5.41, 5.74) is 0. The van der Waals surface area contributed by atoms with Gasteiger partial charge in [0.05, 0.1) is 11.0 Å². The van der Waals surface area contributed by atoms with E-state index in [2.05, 4.69) is 6.92 Å². The van der Waals surface area contributed by atoms with Crippen LogP contribution in [0.25, 0.3) is 0 Å². The van der Waals surface area contributed by atoms with Gasteiger partial charge in [-0.3, -0.25) is 4.79 Å². The monoisotopic (exact) mass is 224 g/mol. The molecule has 82 valence electrons. The highest BCUT2D eigenvalue weighted by Crippen LogP contribution is 2.30. The Morgan fingerprint density at radius 2 is 2.07 bits per heavy atom. The Morgan fingerprint density at radius 1 is 1.33 bits per heavy atom. The molecule has 0 unspecified atom stereocenters. The Hall–Kier alpha value is -0.830. The molecule has 0 aromatic carbocycles. The van der Waals surface area contributed by atoms with Crippen LogP contribution >= 0.6 is 11.3 Å². The van der Waals surface area contributed by atoms with Crippen LogP contribution < -0.4 is 4.74 Å². The van der Waals surface area contributed by atoms with Gasteiger partial charge in [-0.1, -0.05) is 18.3 Å². The minimum absolute atomic E-state index is 0.361. The minimum atomic E-state index is 0.361. The second-order valence-corrected chi connectivity index (χ2v) is 5.35. The first-order chi connectivity index (χ1) is 7.28. The van der Waals surface area contributed by atoms with Crippen LogP contribution in [0.5, 0.6) is 5.06 Å². The van der Waals surface area contributed by atoms with E-state index in [4.69, 9.17) is 4.74 Å². The molecular weight excluding hydrogens is 208 g/mol. The van der Waals surface area contributed by atoms with Gasteiger partial charge >= 0.3 is 0 Å². The number of carbonyl (C=O) groups is 1. The van der Waals surface area contributed by atoms with Crippen molar-refractivity contribution >= 4 is 17.6 Å². The molecule has 15 heavy (non-hydrogen) atoms. The largest absolute Gasteiger partial charge is 0.481 e. The molecule has 1 aromatic heterocycles. The molecule has 0 amide bonds. The molecule has 1 aliphatic rings. The lowest BCUT2D eigenvalue weighted by atomic mass is 9.89. The molecule has 1 saturated carbocycles. The van der Waals surface area contributed by atoms with E-state index in [9.17, 15) is 4.79 Å². The summed E-state index contributed by atoms with van der Waals surface area (Å²) >= 11 is 1.44. The maximum Gasteiger partial charge on any atom is 0.174 e. The van der Waals surface area contributed by atoms with Gasteiger partial charge in [-0.2, -0.15) is 0 Å². The zero-order valence-corrected chi connectivity index (χ0v) is 9.76. The fourth-order valence-electron chi connectivity index (χ4n) is 1.97. The van der Waals surface area contributed by atoms with E-state index in [1.54, 1.807) is 0 Å². The highest BCUT2D eigenvalue weighted by atomic mass is 32.1. The molecule has 3 heteroatoms. The fraction of sp³-hybridized carbons (Fsp3) is 0.583. The lowest BCUT2D eigenvalue weighted by Crippen LogP contribution is -2.22. The molecule has 0 radical (unpaired) electrons. The lowest BCUT2D eigenvalue weighted by Gasteiger charge is -2.26. The third kappa shape index (κ3) is 2.81. The topological polar surface area (TPSA) is 26.3 Å². The van der Waals surface area contributed by atoms with Crippen LogP contribution in [0.15, 0.2) is 12.1 Å². The molecule has 0 bridgehead atoms. The average molecular weight is 224 g/mol. The Morgan fingerprint density at radius 3 is 2.67 bits per heavy atom. The van der Waals surface area contributed by atoms with Gasteiger partial charge in [0.2, 0.25) is 0 Å². The Kier molecular flexibility index (Phi) is 3.41. The van der Waals surface area contributed by atoms with Crippen LogP contribution in [-0.2, 0) is 0 Å². The number of rotatable bonds is 3. The van der Waals surface area contributed by atoms with Crippen LogP contribution in [0.4, 0.5) is 0 Å². The van der Waals surface area contributed by atoms with Crippen molar-refractivity contribution in [3.05, 3.63) is 17.0 Å². The van der Waals surface area contributed by atoms with Gasteiger partial charge in [0.1, 0.15) is 0 Å². The lowest BCUT2D eigenvalue weighted by molar-refractivity contribution is 0.112. The quantitative estimate of drug-likeness (QED) is 0.734. The Labute approximate surface area is 94.3 Å². The molecule has 2 rings (SSSR count). The van der Waals surface area contributed by atoms with Crippen molar-refractivity contribution in [2.45, 2.75) is 38.7 Å². The summed E-state index contributed by atoms with van der Waals surface area (Å²) in [7, 11) is 0. The number of carbonyl (C=O) groups excluding carboxylic acids is 1. The first-order valence-electron chi connectivity index (χ1n) is 5.49. The van der Waals surface area contributed by atoms with Gasteiger partial charge in [0.15, 0.2) is 11.3 Å². The summed E-state index contributed by atoms with van der Waals surface area (Å²) in [6.07, 6.45) is 6.05. The van der Waals surface area contributed by atoms with Crippen molar-refractivity contribution in [3.63, 3.8) is 0 Å². The molecule has 0 N–H and O–H groups in total. The molecule has 0 aliphatic heterocycles. The Balaban J connectivity index is 1.88. The van der Waals surface area contributed by atoms with Crippen molar-refractivity contribution < 1.29 is 9.53 Å². The van der Waals surface area contributed by atoms with E-state index in [1.807, 2.05) is 12.1 Å². The van der Waals surface area contributed by atoms with Gasteiger partial charge in [-0.05, 0) is 43.7 Å². The molecule has 1 heterocycles. The van der Waals surface area contributed by atoms with Gasteiger partial charge in [0.25, 0.3) is 0 Å². The molecule has 2 nitrogen and oxygen atoms in total. The van der Waals surface area contributed by atoms with Gasteiger partial charge < -0.3 is 4.74 Å². The second kappa shape index (κ2) is 4.79. The van der Waals surface area contributed by atoms with Crippen molar-refractivity contribution in [1.29, 1.82) is 0 Å². The molecule has 0 atom stereocenters. The average Bonchev–Trinajstić information content (AvgIpc) is 2.69. The predicted octanol–water partition coefficient (Wildman–Crippen LogP) is 3.52. The highest BCUT2D eigenvalue weighted by molar-refractivity contribution is 7.15. The third-order valence-corrected chi connectivity index (χ3v) is 3.87. The summed E-state index contributed by atoms with van der Waals surface area (Å²) in [6.45, 7) is 2.30. The maximum atomic E-state index is 10.5. The second-order valence-electron chi connectivity index (χ2n) is 4.27. The van der Waals surface area contributed by atoms with Crippen molar-refractivity contribution in [1.82, 2.24) is 0 Å². The maximum absolute atomic E-state index is 10.5. The number of thiophene rings is 1. The molecule has 1 aromatic rings. The molecular formula is C12H16O2S. The highest BCUT2D eigenvalue weighted by Gasteiger charge is 2.19. The number of hydrogen-bond donors (Lipinski definition) is 0. The summed E-state index contributed by atoms with van der Waals surface area (Å²) < 4.78 is 5.85. The van der Waals surface area contributed by atoms with E-state index >= 15 is 0 Å². The van der Waals surface area contributed by atoms with Crippen LogP contribution in [0, 0.1) is 5.92 Å². The third-order valence-electron chi connectivity index (χ3n) is 2.96. The first kappa shape index (κ1) is 10.7. The van der Waals surface area contributed by atoms with E-state index in [0.717, 1.165) is 35.0 Å². The van der Waals surface area contributed by atoms with Crippen LogP contribution in [0.3, 0.4) is 0 Å². The summed E-state index contributed by atoms with van der Waals surface area (Å²) in [4.78, 5) is 11.3. The van der Waals surface area contributed by atoms with Crippen LogP contribution in [-0.4, -0.2) is 12.4 Å². The standard InChI is InChI=1S/C12H16O2S/c1-9-2-4-10(5-3-9)14-12-7-6-11(8-13)15-12/h6-10H,2-5H2,1H3. The van der Waals surface area contributed by atoms with Gasteiger partial charge in [-0.25, -0.2) is 0 Å². The molecule has 1 fully saturated rings. The van der Waals surface area contributed by atoms with Gasteiger partial charge in [0, 0.05) is 0 Å². The smallest absolute Gasteiger partial charge is 0.174 e. The summed E-state index contributed by atoms with van der Waals surface area (Å²) in [5, 5.41) is 0.886. The zero-order valence-electron chi connectivity index (χ0n) is 8.94. The van der Waals surface area contributed by atoms with E-state index in [1.165, 1.54) is 24.2 Å². The van der Waals surface area contributed by atoms with Crippen molar-refractivity contribution in [2.75, 3.05) is 0 Å². The normalized spacial score (nSPS) is 26.2. The van der Waals surface area contributed by atoms with Crippen molar-refractivity contribution in [3.8, 4) is 5.06 Å². The zero-order chi connectivity index (χ0) is 10.7. The van der Waals surface area contributed by atoms with E-state index in [0.29, 0.717) is 6.10 Å². The van der Waals surface area contributed by atoms with E-state index in [-0.39, 0.29) is 0 Å². The van der Waals surface area contributed by atoms with Crippen LogP contribution in [0.2, 0.25) is 0 Å². The summed E-state index contributed by atoms with van der Waals surface area (Å²) in [6, 6.07) is 3.71. The fourth-order valence-corrected chi connectivity index (χ4v) is 2.71. The SMILES string of the molecule is CC1CCC(Oc2ccc(C=O)s2)CC1. The van der Waals surface area contributed by atoms with Crippen LogP contribution in [0.1, 0.15) is 42.3 Å². The minimum Gasteiger partial charge on any atom is -0.481 e. The number of hydrogen-bond acceptors (Lipinski definition) is 3. The summed E-state index contributed by atoms with van der Waals surface area (Å²) in [5.74, 6) is 0.846. The predicted molar refractivity (Wildman–Crippen MR) is 61.8 cm³/mol. The first-order valence-corrected chi connectivity index (χ1v) is 6.31. The van der Waals surface area contributed by atoms with E-state index < -0.39 is 0 Å². The van der Waals surface area contributed by atoms with Gasteiger partial charge in [-0.15, -0.1) is 0 Å².